The molecule has 0 fully saturated rings. The molecule has 0 saturated carbocycles. The van der Waals surface area contributed by atoms with Crippen LogP contribution in [0, 0.1) is 0 Å². The topological polar surface area (TPSA) is 101 Å². The molecule has 0 aliphatic rings. The molecule has 0 aromatic carbocycles. The lowest BCUT2D eigenvalue weighted by molar-refractivity contribution is 0.0698. The van der Waals surface area contributed by atoms with Crippen molar-refractivity contribution in [3.8, 4) is 0 Å². The molecule has 0 aliphatic carbocycles. The van der Waals surface area contributed by atoms with Crippen molar-refractivity contribution in [1.82, 2.24) is 9.97 Å². The summed E-state index contributed by atoms with van der Waals surface area (Å²) < 4.78 is 0. The van der Waals surface area contributed by atoms with Crippen LogP contribution in [0.25, 0.3) is 0 Å². The smallest absolute Gasteiger partial charge is 0.337 e. The van der Waals surface area contributed by atoms with E-state index in [-0.39, 0.29) is 11.3 Å². The zero-order valence-electron chi connectivity index (χ0n) is 10.5. The van der Waals surface area contributed by atoms with Gasteiger partial charge in [0.05, 0.1) is 16.9 Å². The molecule has 0 radical (unpaired) electrons. The lowest BCUT2D eigenvalue weighted by atomic mass is 10.2. The minimum absolute atomic E-state index is 0.0261. The summed E-state index contributed by atoms with van der Waals surface area (Å²) in [5.41, 5.74) is 6.88. The monoisotopic (exact) mass is 278 g/mol. The van der Waals surface area contributed by atoms with Crippen LogP contribution in [0.15, 0.2) is 17.6 Å². The van der Waals surface area contributed by atoms with Crippen LogP contribution in [-0.4, -0.2) is 21.0 Å². The van der Waals surface area contributed by atoms with Crippen molar-refractivity contribution in [2.24, 2.45) is 0 Å². The number of hydrogen-bond acceptors (Lipinski definition) is 6. The highest BCUT2D eigenvalue weighted by Crippen LogP contribution is 2.27. The standard InChI is InChI=1S/C12H14N4O2S/c1-6(2)8-5-19-12(15-8)16-10-9(13)7(11(17)18)3-4-14-10/h3-6H,13H2,1-2H3,(H,17,18)(H,14,15,16). The predicted octanol–water partition coefficient (Wildman–Crippen LogP) is 2.69. The highest BCUT2D eigenvalue weighted by atomic mass is 32.1. The van der Waals surface area contributed by atoms with Crippen LogP contribution in [0.3, 0.4) is 0 Å². The molecule has 0 unspecified atom stereocenters. The van der Waals surface area contributed by atoms with Crippen molar-refractivity contribution in [2.75, 3.05) is 11.1 Å². The van der Waals surface area contributed by atoms with Crippen molar-refractivity contribution < 1.29 is 9.90 Å². The second-order valence-electron chi connectivity index (χ2n) is 4.28. The van der Waals surface area contributed by atoms with E-state index < -0.39 is 5.97 Å². The van der Waals surface area contributed by atoms with Gasteiger partial charge >= 0.3 is 5.97 Å². The van der Waals surface area contributed by atoms with Gasteiger partial charge in [-0.1, -0.05) is 13.8 Å². The summed E-state index contributed by atoms with van der Waals surface area (Å²) in [6, 6.07) is 1.37. The third kappa shape index (κ3) is 2.82. The number of thiazole rings is 1. The van der Waals surface area contributed by atoms with Gasteiger partial charge < -0.3 is 16.2 Å². The summed E-state index contributed by atoms with van der Waals surface area (Å²) in [5, 5.41) is 14.5. The normalized spacial score (nSPS) is 10.7. The molecule has 2 aromatic rings. The lowest BCUT2D eigenvalue weighted by Crippen LogP contribution is -2.07. The summed E-state index contributed by atoms with van der Waals surface area (Å²) in [4.78, 5) is 19.4. The van der Waals surface area contributed by atoms with Crippen molar-refractivity contribution in [2.45, 2.75) is 19.8 Å². The molecule has 0 aliphatic heterocycles. The maximum Gasteiger partial charge on any atom is 0.337 e. The first-order valence-corrected chi connectivity index (χ1v) is 6.57. The maximum atomic E-state index is 11.0. The molecule has 100 valence electrons. The van der Waals surface area contributed by atoms with Gasteiger partial charge in [0, 0.05) is 11.6 Å². The number of anilines is 3. The Kier molecular flexibility index (Phi) is 3.66. The van der Waals surface area contributed by atoms with E-state index in [1.54, 1.807) is 0 Å². The molecule has 7 heteroatoms. The molecule has 2 rings (SSSR count). The molecule has 2 aromatic heterocycles. The highest BCUT2D eigenvalue weighted by Gasteiger charge is 2.13. The van der Waals surface area contributed by atoms with Gasteiger partial charge in [0.25, 0.3) is 0 Å². The Morgan fingerprint density at radius 3 is 2.84 bits per heavy atom. The van der Waals surface area contributed by atoms with E-state index in [0.29, 0.717) is 16.9 Å². The van der Waals surface area contributed by atoms with E-state index in [0.717, 1.165) is 5.69 Å². The van der Waals surface area contributed by atoms with Gasteiger partial charge in [-0.2, -0.15) is 0 Å². The Bertz CT molecular complexity index is 610. The summed E-state index contributed by atoms with van der Waals surface area (Å²) in [6.07, 6.45) is 1.40. The first-order valence-electron chi connectivity index (χ1n) is 5.69. The van der Waals surface area contributed by atoms with E-state index in [2.05, 4.69) is 29.1 Å². The van der Waals surface area contributed by atoms with E-state index >= 15 is 0 Å². The number of aromatic nitrogens is 2. The van der Waals surface area contributed by atoms with Crippen molar-refractivity contribution >= 4 is 33.9 Å². The number of carbonyl (C=O) groups is 1. The fourth-order valence-electron chi connectivity index (χ4n) is 1.47. The number of hydrogen-bond donors (Lipinski definition) is 3. The Labute approximate surface area is 114 Å². The van der Waals surface area contributed by atoms with E-state index in [9.17, 15) is 4.79 Å². The molecule has 19 heavy (non-hydrogen) atoms. The number of rotatable bonds is 4. The summed E-state index contributed by atoms with van der Waals surface area (Å²) in [5.74, 6) is -0.433. The number of nitrogens with zero attached hydrogens (tertiary/aromatic N) is 2. The van der Waals surface area contributed by atoms with Gasteiger partial charge in [-0.15, -0.1) is 11.3 Å². The Balaban J connectivity index is 2.28. The fourth-order valence-corrected chi connectivity index (χ4v) is 2.34. The van der Waals surface area contributed by atoms with Crippen LogP contribution in [0.5, 0.6) is 0 Å². The third-order valence-corrected chi connectivity index (χ3v) is 3.34. The maximum absolute atomic E-state index is 11.0. The van der Waals surface area contributed by atoms with Gasteiger partial charge in [0.1, 0.15) is 0 Å². The average molecular weight is 278 g/mol. The molecule has 6 nitrogen and oxygen atoms in total. The minimum Gasteiger partial charge on any atom is -0.478 e. The number of nitrogen functional groups attached to an aromatic ring is 1. The number of aromatic carboxylic acids is 1. The highest BCUT2D eigenvalue weighted by molar-refractivity contribution is 7.13. The zero-order chi connectivity index (χ0) is 14.0. The SMILES string of the molecule is CC(C)c1csc(Nc2nccc(C(=O)O)c2N)n1. The minimum atomic E-state index is -1.08. The Morgan fingerprint density at radius 1 is 1.53 bits per heavy atom. The lowest BCUT2D eigenvalue weighted by Gasteiger charge is -2.07. The van der Waals surface area contributed by atoms with Crippen LogP contribution in [0.4, 0.5) is 16.6 Å². The fraction of sp³-hybridized carbons (Fsp3) is 0.250. The number of nitrogens with two attached hydrogens (primary N) is 1. The molecule has 0 atom stereocenters. The molecular weight excluding hydrogens is 264 g/mol. The van der Waals surface area contributed by atoms with Crippen LogP contribution in [0.1, 0.15) is 35.8 Å². The second kappa shape index (κ2) is 5.23. The molecular formula is C12H14N4O2S. The number of carboxylic acid groups (broad SMARTS) is 1. The summed E-state index contributed by atoms with van der Waals surface area (Å²) in [6.45, 7) is 4.10. The van der Waals surface area contributed by atoms with Crippen molar-refractivity contribution in [3.05, 3.63) is 28.9 Å². The van der Waals surface area contributed by atoms with Crippen molar-refractivity contribution in [3.63, 3.8) is 0 Å². The number of pyridine rings is 1. The van der Waals surface area contributed by atoms with Gasteiger partial charge in [-0.3, -0.25) is 0 Å². The van der Waals surface area contributed by atoms with Gasteiger partial charge in [-0.25, -0.2) is 14.8 Å². The third-order valence-electron chi connectivity index (χ3n) is 2.56. The molecule has 4 N–H and O–H groups in total. The summed E-state index contributed by atoms with van der Waals surface area (Å²) >= 11 is 1.43. The molecule has 0 spiro atoms. The van der Waals surface area contributed by atoms with Crippen LogP contribution in [0.2, 0.25) is 0 Å². The number of carboxylic acids is 1. The quantitative estimate of drug-likeness (QED) is 0.794. The molecule has 2 heterocycles. The van der Waals surface area contributed by atoms with Gasteiger partial charge in [-0.05, 0) is 12.0 Å². The van der Waals surface area contributed by atoms with E-state index in [1.807, 2.05) is 5.38 Å². The van der Waals surface area contributed by atoms with E-state index in [4.69, 9.17) is 10.8 Å². The molecule has 0 saturated heterocycles. The molecule has 0 bridgehead atoms. The van der Waals surface area contributed by atoms with Crippen LogP contribution >= 0.6 is 11.3 Å². The number of nitrogens with one attached hydrogen (secondary N) is 1. The average Bonchev–Trinajstić information content (AvgIpc) is 2.80. The first kappa shape index (κ1) is 13.3. The zero-order valence-corrected chi connectivity index (χ0v) is 11.4. The van der Waals surface area contributed by atoms with Gasteiger partial charge in [0.15, 0.2) is 10.9 Å². The van der Waals surface area contributed by atoms with Crippen LogP contribution < -0.4 is 11.1 Å². The molecule has 0 amide bonds. The summed E-state index contributed by atoms with van der Waals surface area (Å²) in [7, 11) is 0. The Hall–Kier alpha value is -2.15. The van der Waals surface area contributed by atoms with Crippen molar-refractivity contribution in [1.29, 1.82) is 0 Å². The second-order valence-corrected chi connectivity index (χ2v) is 5.14. The predicted molar refractivity (Wildman–Crippen MR) is 75.1 cm³/mol. The van der Waals surface area contributed by atoms with E-state index in [1.165, 1.54) is 23.6 Å². The first-order chi connectivity index (χ1) is 8.99. The van der Waals surface area contributed by atoms with Gasteiger partial charge in [0.2, 0.25) is 0 Å². The Morgan fingerprint density at radius 2 is 2.26 bits per heavy atom. The largest absolute Gasteiger partial charge is 0.478 e. The van der Waals surface area contributed by atoms with Crippen LogP contribution in [-0.2, 0) is 0 Å².